The molecule has 4 heteroatoms. The normalized spacial score (nSPS) is 29.5. The Morgan fingerprint density at radius 3 is 2.53 bits per heavy atom. The Morgan fingerprint density at radius 1 is 1.29 bits per heavy atom. The van der Waals surface area contributed by atoms with E-state index < -0.39 is 0 Å². The van der Waals surface area contributed by atoms with Gasteiger partial charge in [0.1, 0.15) is 0 Å². The first kappa shape index (κ1) is 12.7. The van der Waals surface area contributed by atoms with Gasteiger partial charge in [-0.2, -0.15) is 0 Å². The first-order chi connectivity index (χ1) is 8.10. The van der Waals surface area contributed by atoms with E-state index in [1.54, 1.807) is 0 Å². The van der Waals surface area contributed by atoms with Crippen LogP contribution in [0.1, 0.15) is 33.1 Å². The molecule has 0 aromatic rings. The van der Waals surface area contributed by atoms with E-state index in [9.17, 15) is 4.79 Å². The highest BCUT2D eigenvalue weighted by molar-refractivity contribution is 5.67. The van der Waals surface area contributed by atoms with E-state index in [-0.39, 0.29) is 6.09 Å². The van der Waals surface area contributed by atoms with Gasteiger partial charge in [0.2, 0.25) is 0 Å². The SMILES string of the molecule is COC(=O)N1CC(NC2CC2)CC(C(C)C)C1. The molecule has 0 spiro atoms. The summed E-state index contributed by atoms with van der Waals surface area (Å²) in [4.78, 5) is 13.5. The number of rotatable bonds is 3. The van der Waals surface area contributed by atoms with Gasteiger partial charge in [-0.3, -0.25) is 0 Å². The van der Waals surface area contributed by atoms with Crippen LogP contribution in [0.15, 0.2) is 0 Å². The fourth-order valence-electron chi connectivity index (χ4n) is 2.60. The Morgan fingerprint density at radius 2 is 2.00 bits per heavy atom. The Kier molecular flexibility index (Phi) is 3.92. The lowest BCUT2D eigenvalue weighted by molar-refractivity contribution is 0.0807. The Labute approximate surface area is 104 Å². The summed E-state index contributed by atoms with van der Waals surface area (Å²) in [7, 11) is 1.46. The molecule has 1 saturated heterocycles. The molecule has 1 heterocycles. The molecule has 2 fully saturated rings. The average molecular weight is 240 g/mol. The molecule has 1 aliphatic heterocycles. The summed E-state index contributed by atoms with van der Waals surface area (Å²) in [6.07, 6.45) is 3.59. The predicted octanol–water partition coefficient (Wildman–Crippen LogP) is 1.85. The molecule has 2 aliphatic rings. The standard InChI is InChI=1S/C13H24N2O2/c1-9(2)10-6-12(14-11-4-5-11)8-15(7-10)13(16)17-3/h9-12,14H,4-8H2,1-3H3. The molecule has 1 aliphatic carbocycles. The topological polar surface area (TPSA) is 41.6 Å². The van der Waals surface area contributed by atoms with E-state index in [2.05, 4.69) is 19.2 Å². The zero-order valence-electron chi connectivity index (χ0n) is 11.1. The molecule has 4 nitrogen and oxygen atoms in total. The Balaban J connectivity index is 1.95. The molecule has 0 aromatic heterocycles. The molecular weight excluding hydrogens is 216 g/mol. The monoisotopic (exact) mass is 240 g/mol. The van der Waals surface area contributed by atoms with Crippen LogP contribution in [0.4, 0.5) is 4.79 Å². The van der Waals surface area contributed by atoms with Crippen LogP contribution < -0.4 is 5.32 Å². The highest BCUT2D eigenvalue weighted by Crippen LogP contribution is 2.27. The highest BCUT2D eigenvalue weighted by Gasteiger charge is 2.34. The first-order valence-electron chi connectivity index (χ1n) is 6.69. The largest absolute Gasteiger partial charge is 0.453 e. The van der Waals surface area contributed by atoms with Crippen molar-refractivity contribution in [3.63, 3.8) is 0 Å². The summed E-state index contributed by atoms with van der Waals surface area (Å²) in [6.45, 7) is 6.11. The van der Waals surface area contributed by atoms with Gasteiger partial charge in [-0.05, 0) is 31.1 Å². The van der Waals surface area contributed by atoms with E-state index in [0.717, 1.165) is 13.1 Å². The van der Waals surface area contributed by atoms with Crippen LogP contribution in [0.2, 0.25) is 0 Å². The van der Waals surface area contributed by atoms with Gasteiger partial charge in [-0.1, -0.05) is 13.8 Å². The number of methoxy groups -OCH3 is 1. The van der Waals surface area contributed by atoms with Crippen molar-refractivity contribution < 1.29 is 9.53 Å². The van der Waals surface area contributed by atoms with Gasteiger partial charge in [0.25, 0.3) is 0 Å². The van der Waals surface area contributed by atoms with Crippen LogP contribution in [0, 0.1) is 11.8 Å². The molecule has 0 radical (unpaired) electrons. The molecular formula is C13H24N2O2. The van der Waals surface area contributed by atoms with Crippen LogP contribution in [0.3, 0.4) is 0 Å². The second-order valence-corrected chi connectivity index (χ2v) is 5.75. The molecule has 0 bridgehead atoms. The lowest BCUT2D eigenvalue weighted by Gasteiger charge is -2.39. The fourth-order valence-corrected chi connectivity index (χ4v) is 2.60. The summed E-state index contributed by atoms with van der Waals surface area (Å²) in [5.74, 6) is 1.20. The van der Waals surface area contributed by atoms with Gasteiger partial charge in [0, 0.05) is 25.2 Å². The van der Waals surface area contributed by atoms with Crippen molar-refractivity contribution in [3.8, 4) is 0 Å². The lowest BCUT2D eigenvalue weighted by atomic mass is 9.85. The number of carbonyl (C=O) groups excluding carboxylic acids is 1. The number of carbonyl (C=O) groups is 1. The third-order valence-electron chi connectivity index (χ3n) is 3.91. The maximum atomic E-state index is 11.7. The third-order valence-corrected chi connectivity index (χ3v) is 3.91. The number of nitrogens with zero attached hydrogens (tertiary/aromatic N) is 1. The van der Waals surface area contributed by atoms with Crippen molar-refractivity contribution in [3.05, 3.63) is 0 Å². The first-order valence-corrected chi connectivity index (χ1v) is 6.69. The van der Waals surface area contributed by atoms with E-state index in [0.29, 0.717) is 23.9 Å². The fraction of sp³-hybridized carbons (Fsp3) is 0.923. The van der Waals surface area contributed by atoms with Crippen LogP contribution in [-0.2, 0) is 4.74 Å². The number of piperidine rings is 1. The van der Waals surface area contributed by atoms with E-state index >= 15 is 0 Å². The van der Waals surface area contributed by atoms with Crippen LogP contribution >= 0.6 is 0 Å². The van der Waals surface area contributed by atoms with Crippen molar-refractivity contribution >= 4 is 6.09 Å². The number of ether oxygens (including phenoxy) is 1. The number of nitrogens with one attached hydrogen (secondary N) is 1. The summed E-state index contributed by atoms with van der Waals surface area (Å²) in [6, 6.07) is 1.15. The third kappa shape index (κ3) is 3.35. The van der Waals surface area contributed by atoms with E-state index in [1.807, 2.05) is 4.90 Å². The van der Waals surface area contributed by atoms with E-state index in [1.165, 1.54) is 26.4 Å². The highest BCUT2D eigenvalue weighted by atomic mass is 16.5. The number of amides is 1. The smallest absolute Gasteiger partial charge is 0.409 e. The maximum absolute atomic E-state index is 11.7. The zero-order valence-corrected chi connectivity index (χ0v) is 11.1. The number of hydrogen-bond donors (Lipinski definition) is 1. The second kappa shape index (κ2) is 5.25. The van der Waals surface area contributed by atoms with E-state index in [4.69, 9.17) is 4.74 Å². The zero-order chi connectivity index (χ0) is 12.4. The van der Waals surface area contributed by atoms with Gasteiger partial charge in [0.05, 0.1) is 7.11 Å². The minimum Gasteiger partial charge on any atom is -0.453 e. The Hall–Kier alpha value is -0.770. The van der Waals surface area contributed by atoms with Gasteiger partial charge in [0.15, 0.2) is 0 Å². The van der Waals surface area contributed by atoms with Crippen LogP contribution in [0.25, 0.3) is 0 Å². The summed E-state index contributed by atoms with van der Waals surface area (Å²) >= 11 is 0. The minimum absolute atomic E-state index is 0.182. The molecule has 17 heavy (non-hydrogen) atoms. The molecule has 98 valence electrons. The summed E-state index contributed by atoms with van der Waals surface area (Å²) < 4.78 is 4.85. The van der Waals surface area contributed by atoms with Crippen molar-refractivity contribution in [2.45, 2.75) is 45.2 Å². The molecule has 1 N–H and O–H groups in total. The van der Waals surface area contributed by atoms with Crippen molar-refractivity contribution in [2.24, 2.45) is 11.8 Å². The minimum atomic E-state index is -0.182. The number of hydrogen-bond acceptors (Lipinski definition) is 3. The predicted molar refractivity (Wildman–Crippen MR) is 66.9 cm³/mol. The quantitative estimate of drug-likeness (QED) is 0.818. The molecule has 0 aromatic carbocycles. The van der Waals surface area contributed by atoms with Crippen LogP contribution in [-0.4, -0.2) is 43.3 Å². The summed E-state index contributed by atoms with van der Waals surface area (Å²) in [5, 5.41) is 3.64. The van der Waals surface area contributed by atoms with Crippen molar-refractivity contribution in [1.29, 1.82) is 0 Å². The molecule has 2 atom stereocenters. The van der Waals surface area contributed by atoms with Gasteiger partial charge >= 0.3 is 6.09 Å². The Bertz CT molecular complexity index is 277. The van der Waals surface area contributed by atoms with Crippen LogP contribution in [0.5, 0.6) is 0 Å². The van der Waals surface area contributed by atoms with Gasteiger partial charge in [-0.25, -0.2) is 4.79 Å². The molecule has 2 unspecified atom stereocenters. The average Bonchev–Trinajstić information content (AvgIpc) is 3.11. The molecule has 2 rings (SSSR count). The number of likely N-dealkylation sites (tertiary alicyclic amines) is 1. The van der Waals surface area contributed by atoms with Gasteiger partial charge < -0.3 is 15.0 Å². The maximum Gasteiger partial charge on any atom is 0.409 e. The summed E-state index contributed by atoms with van der Waals surface area (Å²) in [5.41, 5.74) is 0. The van der Waals surface area contributed by atoms with Gasteiger partial charge in [-0.15, -0.1) is 0 Å². The lowest BCUT2D eigenvalue weighted by Crippen LogP contribution is -2.52. The molecule has 1 amide bonds. The van der Waals surface area contributed by atoms with Crippen molar-refractivity contribution in [1.82, 2.24) is 10.2 Å². The molecule has 1 saturated carbocycles. The second-order valence-electron chi connectivity index (χ2n) is 5.75. The van der Waals surface area contributed by atoms with Crippen molar-refractivity contribution in [2.75, 3.05) is 20.2 Å².